The number of likely N-dealkylation sites (N-methyl/N-ethyl adjacent to an activating group) is 2. The Bertz CT molecular complexity index is 848. The fourth-order valence-corrected chi connectivity index (χ4v) is 5.53. The van der Waals surface area contributed by atoms with Crippen molar-refractivity contribution in [3.63, 3.8) is 0 Å². The average molecular weight is 468 g/mol. The summed E-state index contributed by atoms with van der Waals surface area (Å²) in [5.74, 6) is 0.152. The normalized spacial score (nSPS) is 26.9. The lowest BCUT2D eigenvalue weighted by Gasteiger charge is -2.43. The quantitative estimate of drug-likeness (QED) is 0.394. The van der Waals surface area contributed by atoms with Crippen molar-refractivity contribution in [2.75, 3.05) is 47.8 Å². The van der Waals surface area contributed by atoms with E-state index in [4.69, 9.17) is 0 Å². The van der Waals surface area contributed by atoms with Crippen molar-refractivity contribution in [3.05, 3.63) is 35.4 Å². The third-order valence-electron chi connectivity index (χ3n) is 6.48. The summed E-state index contributed by atoms with van der Waals surface area (Å²) in [7, 11) is 3.72. The van der Waals surface area contributed by atoms with Gasteiger partial charge in [0, 0.05) is 64.3 Å². The molecule has 2 heterocycles. The lowest BCUT2D eigenvalue weighted by Crippen LogP contribution is -2.60. The minimum Gasteiger partial charge on any atom is -0.318 e. The molecular weight excluding hydrogens is 426 g/mol. The molecule has 0 aromatic heterocycles. The van der Waals surface area contributed by atoms with Crippen LogP contribution < -0.4 is 20.8 Å². The minimum absolute atomic E-state index is 0.0607. The molecule has 32 heavy (non-hydrogen) atoms. The topological polar surface area (TPSA) is 92.0 Å². The number of hydrazine groups is 1. The molecule has 3 rings (SSSR count). The summed E-state index contributed by atoms with van der Waals surface area (Å²) in [5, 5.41) is 9.23. The van der Waals surface area contributed by atoms with E-state index in [-0.39, 0.29) is 24.2 Å². The van der Waals surface area contributed by atoms with E-state index in [1.165, 1.54) is 15.4 Å². The zero-order valence-corrected chi connectivity index (χ0v) is 21.1. The summed E-state index contributed by atoms with van der Waals surface area (Å²) in [4.78, 5) is 2.30. The van der Waals surface area contributed by atoms with Gasteiger partial charge < -0.3 is 10.2 Å². The number of rotatable bonds is 10. The van der Waals surface area contributed by atoms with Gasteiger partial charge in [-0.1, -0.05) is 24.3 Å². The molecule has 2 aliphatic rings. The SMILES string of the molecule is CNCCN(C)Cc1cccc(C2CC(NS(=O)(=O)N(C)C)C3CNN(C(C)C)C3N2)c1. The molecular formula is C22H41N7O2S. The Morgan fingerprint density at radius 1 is 1.25 bits per heavy atom. The molecule has 10 heteroatoms. The van der Waals surface area contributed by atoms with E-state index in [1.54, 1.807) is 14.1 Å². The first-order valence-corrected chi connectivity index (χ1v) is 13.0. The predicted octanol–water partition coefficient (Wildman–Crippen LogP) is 0.308. The molecule has 0 aliphatic carbocycles. The van der Waals surface area contributed by atoms with Crippen molar-refractivity contribution in [3.8, 4) is 0 Å². The Morgan fingerprint density at radius 2 is 2.00 bits per heavy atom. The number of fused-ring (bicyclic) bond motifs is 1. The van der Waals surface area contributed by atoms with Gasteiger partial charge in [-0.15, -0.1) is 0 Å². The summed E-state index contributed by atoms with van der Waals surface area (Å²) in [6.45, 7) is 7.87. The summed E-state index contributed by atoms with van der Waals surface area (Å²) in [6.07, 6.45) is 0.770. The number of benzene rings is 1. The van der Waals surface area contributed by atoms with E-state index in [1.807, 2.05) is 7.05 Å². The van der Waals surface area contributed by atoms with Gasteiger partial charge in [0.1, 0.15) is 0 Å². The first-order valence-electron chi connectivity index (χ1n) is 11.5. The van der Waals surface area contributed by atoms with Crippen LogP contribution in [0.5, 0.6) is 0 Å². The zero-order valence-electron chi connectivity index (χ0n) is 20.3. The van der Waals surface area contributed by atoms with Crippen LogP contribution in [0.4, 0.5) is 0 Å². The van der Waals surface area contributed by atoms with Crippen molar-refractivity contribution in [2.24, 2.45) is 5.92 Å². The maximum Gasteiger partial charge on any atom is 0.279 e. The van der Waals surface area contributed by atoms with E-state index in [2.05, 4.69) is 75.9 Å². The Kier molecular flexibility index (Phi) is 8.67. The van der Waals surface area contributed by atoms with E-state index in [0.29, 0.717) is 12.5 Å². The van der Waals surface area contributed by atoms with Crippen LogP contribution in [-0.2, 0) is 16.8 Å². The molecule has 9 nitrogen and oxygen atoms in total. The Balaban J connectivity index is 1.82. The van der Waals surface area contributed by atoms with Gasteiger partial charge in [-0.3, -0.25) is 10.7 Å². The largest absolute Gasteiger partial charge is 0.318 e. The molecule has 4 unspecified atom stereocenters. The van der Waals surface area contributed by atoms with Crippen LogP contribution in [0.15, 0.2) is 24.3 Å². The number of piperidine rings is 1. The highest BCUT2D eigenvalue weighted by molar-refractivity contribution is 7.87. The van der Waals surface area contributed by atoms with Crippen molar-refractivity contribution < 1.29 is 8.42 Å². The first kappa shape index (κ1) is 25.5. The fourth-order valence-electron chi connectivity index (χ4n) is 4.67. The van der Waals surface area contributed by atoms with Gasteiger partial charge >= 0.3 is 0 Å². The second-order valence-electron chi connectivity index (χ2n) is 9.53. The molecule has 182 valence electrons. The molecule has 2 aliphatic heterocycles. The van der Waals surface area contributed by atoms with Gasteiger partial charge in [0.15, 0.2) is 0 Å². The van der Waals surface area contributed by atoms with Crippen LogP contribution in [0.3, 0.4) is 0 Å². The second kappa shape index (κ2) is 10.9. The average Bonchev–Trinajstić information content (AvgIpc) is 3.17. The highest BCUT2D eigenvalue weighted by Crippen LogP contribution is 2.34. The molecule has 0 bridgehead atoms. The van der Waals surface area contributed by atoms with E-state index < -0.39 is 10.2 Å². The van der Waals surface area contributed by atoms with Crippen molar-refractivity contribution in [1.29, 1.82) is 0 Å². The Hall–Kier alpha value is -1.11. The summed E-state index contributed by atoms with van der Waals surface area (Å²) in [6, 6.07) is 8.88. The first-order chi connectivity index (χ1) is 15.1. The molecule has 2 fully saturated rings. The van der Waals surface area contributed by atoms with Crippen LogP contribution in [-0.4, -0.2) is 88.7 Å². The van der Waals surface area contributed by atoms with Crippen LogP contribution in [0.2, 0.25) is 0 Å². The summed E-state index contributed by atoms with van der Waals surface area (Å²) >= 11 is 0. The van der Waals surface area contributed by atoms with Crippen LogP contribution in [0.25, 0.3) is 0 Å². The highest BCUT2D eigenvalue weighted by Gasteiger charge is 2.46. The van der Waals surface area contributed by atoms with Crippen LogP contribution >= 0.6 is 0 Å². The minimum atomic E-state index is -3.52. The standard InChI is InChI=1S/C22H41N7O2S/c1-16(2)29-22-19(14-24-29)21(26-32(30,31)27(4)5)13-20(25-22)18-9-7-8-17(12-18)15-28(6)11-10-23-3/h7-9,12,16,19-26H,10-11,13-15H2,1-6H3. The van der Waals surface area contributed by atoms with E-state index >= 15 is 0 Å². The molecule has 0 amide bonds. The van der Waals surface area contributed by atoms with Gasteiger partial charge in [-0.2, -0.15) is 17.4 Å². The van der Waals surface area contributed by atoms with Gasteiger partial charge in [-0.25, -0.2) is 5.01 Å². The number of nitrogens with zero attached hydrogens (tertiary/aromatic N) is 3. The fraction of sp³-hybridized carbons (Fsp3) is 0.727. The summed E-state index contributed by atoms with van der Waals surface area (Å²) < 4.78 is 29.5. The number of hydrogen-bond donors (Lipinski definition) is 4. The van der Waals surface area contributed by atoms with E-state index in [9.17, 15) is 8.42 Å². The third kappa shape index (κ3) is 6.06. The van der Waals surface area contributed by atoms with Gasteiger partial charge in [0.2, 0.25) is 0 Å². The molecule has 2 saturated heterocycles. The van der Waals surface area contributed by atoms with Gasteiger partial charge in [0.05, 0.1) is 6.17 Å². The molecule has 0 radical (unpaired) electrons. The van der Waals surface area contributed by atoms with Crippen molar-refractivity contribution in [2.45, 2.75) is 51.1 Å². The lowest BCUT2D eigenvalue weighted by atomic mass is 9.84. The Morgan fingerprint density at radius 3 is 2.66 bits per heavy atom. The second-order valence-corrected chi connectivity index (χ2v) is 11.4. The van der Waals surface area contributed by atoms with Crippen molar-refractivity contribution >= 4 is 10.2 Å². The smallest absolute Gasteiger partial charge is 0.279 e. The van der Waals surface area contributed by atoms with E-state index in [0.717, 1.165) is 26.2 Å². The van der Waals surface area contributed by atoms with Gasteiger partial charge in [-0.05, 0) is 45.5 Å². The van der Waals surface area contributed by atoms with Crippen LogP contribution in [0.1, 0.15) is 37.4 Å². The third-order valence-corrected chi connectivity index (χ3v) is 8.04. The zero-order chi connectivity index (χ0) is 23.5. The molecule has 1 aromatic rings. The lowest BCUT2D eigenvalue weighted by molar-refractivity contribution is 0.0662. The van der Waals surface area contributed by atoms with Gasteiger partial charge in [0.25, 0.3) is 10.2 Å². The number of hydrogen-bond acceptors (Lipinski definition) is 7. The molecule has 0 saturated carbocycles. The predicted molar refractivity (Wildman–Crippen MR) is 129 cm³/mol. The maximum atomic E-state index is 12.7. The molecule has 4 atom stereocenters. The summed E-state index contributed by atoms with van der Waals surface area (Å²) in [5.41, 5.74) is 5.95. The van der Waals surface area contributed by atoms with Crippen LogP contribution in [0, 0.1) is 5.92 Å². The highest BCUT2D eigenvalue weighted by atomic mass is 32.2. The number of nitrogens with one attached hydrogen (secondary N) is 4. The molecule has 0 spiro atoms. The molecule has 1 aromatic carbocycles. The van der Waals surface area contributed by atoms with Crippen molar-refractivity contribution in [1.82, 2.24) is 35.0 Å². The monoisotopic (exact) mass is 467 g/mol. The Labute approximate surface area is 194 Å². The maximum absolute atomic E-state index is 12.7. The molecule has 4 N–H and O–H groups in total.